The maximum absolute atomic E-state index is 10.2. The Kier molecular flexibility index (Phi) is 58.1. The minimum absolute atomic E-state index is 0. The summed E-state index contributed by atoms with van der Waals surface area (Å²) >= 11 is 0. The van der Waals surface area contributed by atoms with Gasteiger partial charge in [0.25, 0.3) is 0 Å². The van der Waals surface area contributed by atoms with Crippen LogP contribution in [-0.4, -0.2) is 135 Å². The topological polar surface area (TPSA) is 293 Å². The molecule has 0 aromatic heterocycles. The van der Waals surface area contributed by atoms with Crippen molar-refractivity contribution >= 4 is 55.6 Å². The van der Waals surface area contributed by atoms with Crippen LogP contribution in [0.25, 0.3) is 5.73 Å². The van der Waals surface area contributed by atoms with Gasteiger partial charge in [-0.15, -0.1) is 12.0 Å². The van der Waals surface area contributed by atoms with Gasteiger partial charge in [0.2, 0.25) is 0 Å². The number of hydrogen-bond donors (Lipinski definition) is 7. The number of allylic oxidation sites excluding steroid dienone is 12. The molecule has 0 fully saturated rings. The van der Waals surface area contributed by atoms with Crippen LogP contribution in [0.5, 0.6) is 0 Å². The summed E-state index contributed by atoms with van der Waals surface area (Å²) in [6.45, 7) is 11.5. The van der Waals surface area contributed by atoms with Gasteiger partial charge in [0.05, 0.1) is 43.2 Å². The number of nitrogens with one attached hydrogen (secondary N) is 1. The molecule has 14 nitrogen and oxygen atoms in total. The predicted octanol–water partition coefficient (Wildman–Crippen LogP) is 2.81. The third kappa shape index (κ3) is 62.9. The Balaban J connectivity index is -0.000000274. The zero-order valence-corrected chi connectivity index (χ0v) is 41.5. The van der Waals surface area contributed by atoms with E-state index in [2.05, 4.69) is 19.6 Å². The second-order valence-electron chi connectivity index (χ2n) is 14.4. The van der Waals surface area contributed by atoms with E-state index < -0.39 is 60.4 Å². The minimum Gasteiger partial charge on any atom is -0.670 e. The van der Waals surface area contributed by atoms with E-state index in [0.29, 0.717) is 44.9 Å². The summed E-state index contributed by atoms with van der Waals surface area (Å²) in [6, 6.07) is -1.09. The third-order valence-corrected chi connectivity index (χ3v) is 8.23. The van der Waals surface area contributed by atoms with Crippen LogP contribution in [0.15, 0.2) is 122 Å². The Hall–Kier alpha value is -3.25. The molecule has 0 aromatic carbocycles. The number of hydrogen-bond acceptors (Lipinski definition) is 12. The molecular formula is C50H80CaN2O12-2. The van der Waals surface area contributed by atoms with Crippen molar-refractivity contribution in [1.29, 1.82) is 0 Å². The normalized spacial score (nSPS) is 15.8. The molecule has 65 heavy (non-hydrogen) atoms. The smallest absolute Gasteiger partial charge is 0.670 e. The fraction of sp³-hybridized carbons (Fsp3) is 0.520. The Morgan fingerprint density at radius 3 is 1.22 bits per heavy atom. The van der Waals surface area contributed by atoms with Crippen molar-refractivity contribution in [2.75, 3.05) is 6.54 Å². The van der Waals surface area contributed by atoms with Crippen molar-refractivity contribution < 1.29 is 66.1 Å². The van der Waals surface area contributed by atoms with E-state index >= 15 is 0 Å². The summed E-state index contributed by atoms with van der Waals surface area (Å²) in [5, 5.41) is 87.0. The van der Waals surface area contributed by atoms with Gasteiger partial charge in [-0.25, -0.2) is 0 Å². The number of carboxylic acid groups (broad SMARTS) is 3. The van der Waals surface area contributed by atoms with E-state index in [1.165, 1.54) is 6.92 Å². The first-order chi connectivity index (χ1) is 30.4. The van der Waals surface area contributed by atoms with Gasteiger partial charge in [-0.1, -0.05) is 168 Å². The number of rotatable bonds is 31. The Labute approximate surface area is 419 Å². The Morgan fingerprint density at radius 2 is 0.892 bits per heavy atom. The fourth-order valence-electron chi connectivity index (χ4n) is 4.18. The molecular weight excluding hydrogens is 861 g/mol. The van der Waals surface area contributed by atoms with Gasteiger partial charge >= 0.3 is 37.7 Å². The molecule has 8 atom stereocenters. The van der Waals surface area contributed by atoms with Crippen LogP contribution >= 0.6 is 0 Å². The van der Waals surface area contributed by atoms with Gasteiger partial charge in [0.1, 0.15) is 0 Å². The number of carbonyl (C=O) groups is 3. The predicted molar refractivity (Wildman–Crippen MR) is 256 cm³/mol. The number of aliphatic hydroxyl groups is 6. The summed E-state index contributed by atoms with van der Waals surface area (Å²) < 4.78 is 0. The van der Waals surface area contributed by atoms with Crippen molar-refractivity contribution in [3.05, 3.63) is 134 Å². The number of aliphatic carboxylic acids is 3. The van der Waals surface area contributed by atoms with Gasteiger partial charge < -0.3 is 78.7 Å². The van der Waals surface area contributed by atoms with Crippen molar-refractivity contribution in [2.24, 2.45) is 5.92 Å². The SMILES string of the molecule is CCCC[C@H](O)\C=C/C=C/C=C/[C@H](O)C/C=C\C=C\[C@@H](O)CC.CC[C@H](O)/C=C/C=C\C[C@@H](O)/C=C/C=C/C=C\[C@@H](O)CCCC(=O)[O-].C[C@H]([NH-])C(=O)[O-].[CH2-][C@@H](CCCC[NH3+])C(=O)[O-].[Ca+2]. The minimum atomic E-state index is -1.32. The maximum atomic E-state index is 10.2. The largest absolute Gasteiger partial charge is 2.00 e. The summed E-state index contributed by atoms with van der Waals surface area (Å²) in [5.41, 5.74) is 10.0. The molecule has 0 heterocycles. The van der Waals surface area contributed by atoms with Crippen LogP contribution in [0.3, 0.4) is 0 Å². The molecule has 0 saturated heterocycles. The van der Waals surface area contributed by atoms with Gasteiger partial charge in [0.15, 0.2) is 0 Å². The van der Waals surface area contributed by atoms with Crippen LogP contribution in [0, 0.1) is 12.8 Å². The summed E-state index contributed by atoms with van der Waals surface area (Å²) in [4.78, 5) is 29.7. The van der Waals surface area contributed by atoms with Crippen molar-refractivity contribution in [3.8, 4) is 0 Å². The number of quaternary nitrogens is 1. The summed E-state index contributed by atoms with van der Waals surface area (Å²) in [6.07, 6.45) is 40.5. The van der Waals surface area contributed by atoms with E-state index in [1.54, 1.807) is 85.1 Å². The monoisotopic (exact) mass is 941 g/mol. The summed E-state index contributed by atoms with van der Waals surface area (Å²) in [5.74, 6) is -4.03. The molecule has 0 aliphatic heterocycles. The third-order valence-electron chi connectivity index (χ3n) is 8.23. The Bertz CT molecular complexity index is 1440. The molecule has 0 rings (SSSR count). The molecule has 10 N–H and O–H groups in total. The number of unbranched alkanes of at least 4 members (excludes halogenated alkanes) is 2. The average molecular weight is 941 g/mol. The zero-order valence-electron chi connectivity index (χ0n) is 39.3. The molecule has 0 unspecified atom stereocenters. The van der Waals surface area contributed by atoms with Gasteiger partial charge in [-0.2, -0.15) is 0 Å². The molecule has 0 radical (unpaired) electrons. The van der Waals surface area contributed by atoms with Crippen LogP contribution in [0.2, 0.25) is 0 Å². The zero-order chi connectivity index (χ0) is 49.4. The summed E-state index contributed by atoms with van der Waals surface area (Å²) in [7, 11) is 0. The number of carboxylic acids is 3. The molecule has 0 aromatic rings. The van der Waals surface area contributed by atoms with Crippen LogP contribution in [0.4, 0.5) is 0 Å². The van der Waals surface area contributed by atoms with E-state index in [4.69, 9.17) is 5.73 Å². The van der Waals surface area contributed by atoms with Crippen LogP contribution in [-0.2, 0) is 14.4 Å². The first kappa shape index (κ1) is 70.8. The standard InChI is InChI=1S/C20H30O5.C20H32O3.C7H14NO2.C3H6NO2.Ca/c1-2-17(21)11-8-5-9-14-18(22)12-6-3-4-7-13-19(23)15-10-16-20(24)25;1-3-5-13-19(22)15-9-6-7-10-16-20(23)17-12-8-11-14-18(21)4-2;1-6(7(9)10)4-2-3-5-8;1-2(4)3(5)6;/h3-9,11-13,17-19,21-23H,2,10,14-16H2,1H3,(H,24,25);6-12,14-16,18-23H,3-5,13,17H2,1-2H3;6H,1-5,8H2,(H,9,10);2,4H,1H3,(H,5,6);/q;;2*-1;+2/p-2/b4-3+,9-5-,11-8+,12-6+,13-7-;7-6+,12-8-,14-11+,15-9-,16-10+;;;/t17-,18-,19+;18-,19-,20-;6-;2-;/m0000./s1. The molecule has 366 valence electrons. The van der Waals surface area contributed by atoms with Crippen LogP contribution in [0.1, 0.15) is 111 Å². The first-order valence-corrected chi connectivity index (χ1v) is 22.1. The molecule has 0 bridgehead atoms. The van der Waals surface area contributed by atoms with Gasteiger partial charge in [-0.05, 0) is 64.2 Å². The van der Waals surface area contributed by atoms with Crippen molar-refractivity contribution in [2.45, 2.75) is 154 Å². The van der Waals surface area contributed by atoms with Crippen LogP contribution < -0.4 is 21.1 Å². The second-order valence-corrected chi connectivity index (χ2v) is 14.4. The number of aliphatic hydroxyl groups excluding tert-OH is 6. The Morgan fingerprint density at radius 1 is 0.538 bits per heavy atom. The average Bonchev–Trinajstić information content (AvgIpc) is 3.25. The van der Waals surface area contributed by atoms with E-state index in [9.17, 15) is 60.3 Å². The van der Waals surface area contributed by atoms with Crippen molar-refractivity contribution in [1.82, 2.24) is 0 Å². The molecule has 0 amide bonds. The first-order valence-electron chi connectivity index (χ1n) is 22.1. The van der Waals surface area contributed by atoms with E-state index in [0.717, 1.165) is 38.6 Å². The van der Waals surface area contributed by atoms with Gasteiger partial charge in [-0.3, -0.25) is 0 Å². The molecule has 0 aliphatic carbocycles. The molecule has 0 spiro atoms. The molecule has 0 saturated carbocycles. The van der Waals surface area contributed by atoms with E-state index in [-0.39, 0.29) is 50.3 Å². The van der Waals surface area contributed by atoms with E-state index in [1.807, 2.05) is 50.3 Å². The second kappa shape index (κ2) is 53.4. The van der Waals surface area contributed by atoms with Crippen molar-refractivity contribution in [3.63, 3.8) is 0 Å². The van der Waals surface area contributed by atoms with Gasteiger partial charge in [0, 0.05) is 17.9 Å². The molecule has 0 aliphatic rings. The maximum Gasteiger partial charge on any atom is 2.00 e. The fourth-order valence-corrected chi connectivity index (χ4v) is 4.18. The molecule has 15 heteroatoms. The number of carbonyl (C=O) groups excluding carboxylic acids is 3. The quantitative estimate of drug-likeness (QED) is 0.0229.